The van der Waals surface area contributed by atoms with Crippen LogP contribution in [0, 0.1) is 5.92 Å². The summed E-state index contributed by atoms with van der Waals surface area (Å²) in [6, 6.07) is 6.80. The Kier molecular flexibility index (Phi) is 4.35. The molecule has 102 valence electrons. The number of hydrogen-bond donors (Lipinski definition) is 4. The molecule has 1 aliphatic heterocycles. The number of benzene rings is 1. The molecule has 0 spiro atoms. The van der Waals surface area contributed by atoms with E-state index in [2.05, 4.69) is 21.3 Å². The number of hydrogen-bond acceptors (Lipinski definition) is 3. The van der Waals surface area contributed by atoms with E-state index >= 15 is 0 Å². The smallest absolute Gasteiger partial charge is 0.318 e. The molecular weight excluding hydrogens is 244 g/mol. The zero-order valence-electron chi connectivity index (χ0n) is 10.8. The highest BCUT2D eigenvalue weighted by atomic mass is 16.2. The molecule has 1 fully saturated rings. The summed E-state index contributed by atoms with van der Waals surface area (Å²) in [6.45, 7) is 1.61. The van der Waals surface area contributed by atoms with Gasteiger partial charge in [0, 0.05) is 25.0 Å². The van der Waals surface area contributed by atoms with Crippen molar-refractivity contribution in [3.05, 3.63) is 24.3 Å². The van der Waals surface area contributed by atoms with Gasteiger partial charge in [-0.15, -0.1) is 0 Å². The predicted molar refractivity (Wildman–Crippen MR) is 74.1 cm³/mol. The van der Waals surface area contributed by atoms with Gasteiger partial charge in [-0.2, -0.15) is 0 Å². The topological polar surface area (TPSA) is 82.3 Å². The standard InChI is InChI=1S/C13H18N4O2/c1-14-13(19)17-11-4-2-3-10(7-11)16-12(18)9-5-6-15-8-9/h2-4,7,9,15H,5-6,8H2,1H3,(H,16,18)(H2,14,17,19). The van der Waals surface area contributed by atoms with E-state index in [0.29, 0.717) is 11.4 Å². The fourth-order valence-electron chi connectivity index (χ4n) is 1.99. The Morgan fingerprint density at radius 2 is 2.00 bits per heavy atom. The molecule has 0 saturated carbocycles. The van der Waals surface area contributed by atoms with Gasteiger partial charge in [0.15, 0.2) is 0 Å². The van der Waals surface area contributed by atoms with Gasteiger partial charge in [-0.1, -0.05) is 6.07 Å². The van der Waals surface area contributed by atoms with Crippen molar-refractivity contribution in [2.45, 2.75) is 6.42 Å². The van der Waals surface area contributed by atoms with E-state index in [1.54, 1.807) is 31.3 Å². The average Bonchev–Trinajstić information content (AvgIpc) is 2.93. The molecular formula is C13H18N4O2. The summed E-state index contributed by atoms with van der Waals surface area (Å²) in [5.41, 5.74) is 1.33. The molecule has 1 aliphatic rings. The minimum atomic E-state index is -0.288. The van der Waals surface area contributed by atoms with E-state index in [-0.39, 0.29) is 17.9 Å². The van der Waals surface area contributed by atoms with Gasteiger partial charge in [-0.05, 0) is 31.2 Å². The molecule has 1 heterocycles. The van der Waals surface area contributed by atoms with Crippen LogP contribution in [0.3, 0.4) is 0 Å². The van der Waals surface area contributed by atoms with Gasteiger partial charge in [0.2, 0.25) is 5.91 Å². The molecule has 1 saturated heterocycles. The lowest BCUT2D eigenvalue weighted by atomic mass is 10.1. The number of urea groups is 1. The molecule has 1 aromatic rings. The Labute approximate surface area is 112 Å². The molecule has 1 aromatic carbocycles. The van der Waals surface area contributed by atoms with Crippen molar-refractivity contribution in [3.63, 3.8) is 0 Å². The highest BCUT2D eigenvalue weighted by Gasteiger charge is 2.22. The lowest BCUT2D eigenvalue weighted by Crippen LogP contribution is -2.25. The first-order chi connectivity index (χ1) is 9.19. The Balaban J connectivity index is 1.98. The maximum absolute atomic E-state index is 12.0. The summed E-state index contributed by atoms with van der Waals surface area (Å²) in [6.07, 6.45) is 0.863. The van der Waals surface area contributed by atoms with Crippen LogP contribution in [-0.2, 0) is 4.79 Å². The number of carbonyl (C=O) groups excluding carboxylic acids is 2. The number of nitrogens with one attached hydrogen (secondary N) is 4. The third-order valence-electron chi connectivity index (χ3n) is 3.05. The molecule has 1 atom stereocenters. The Hall–Kier alpha value is -2.08. The monoisotopic (exact) mass is 262 g/mol. The van der Waals surface area contributed by atoms with Gasteiger partial charge < -0.3 is 21.3 Å². The molecule has 0 bridgehead atoms. The third kappa shape index (κ3) is 3.69. The first kappa shape index (κ1) is 13.4. The van der Waals surface area contributed by atoms with Gasteiger partial charge in [-0.25, -0.2) is 4.79 Å². The fraction of sp³-hybridized carbons (Fsp3) is 0.385. The number of amides is 3. The minimum Gasteiger partial charge on any atom is -0.341 e. The zero-order valence-corrected chi connectivity index (χ0v) is 10.8. The first-order valence-electron chi connectivity index (χ1n) is 6.29. The van der Waals surface area contributed by atoms with Crippen molar-refractivity contribution < 1.29 is 9.59 Å². The molecule has 0 radical (unpaired) electrons. The zero-order chi connectivity index (χ0) is 13.7. The molecule has 4 N–H and O–H groups in total. The van der Waals surface area contributed by atoms with Crippen LogP contribution < -0.4 is 21.3 Å². The van der Waals surface area contributed by atoms with Crippen LogP contribution in [-0.4, -0.2) is 32.1 Å². The third-order valence-corrected chi connectivity index (χ3v) is 3.05. The van der Waals surface area contributed by atoms with E-state index in [4.69, 9.17) is 0 Å². The largest absolute Gasteiger partial charge is 0.341 e. The predicted octanol–water partition coefficient (Wildman–Crippen LogP) is 0.986. The van der Waals surface area contributed by atoms with Gasteiger partial charge in [0.05, 0.1) is 5.92 Å². The van der Waals surface area contributed by atoms with E-state index in [1.807, 2.05) is 0 Å². The summed E-state index contributed by atoms with van der Waals surface area (Å²) in [5.74, 6) is 0.0395. The Morgan fingerprint density at radius 3 is 2.63 bits per heavy atom. The molecule has 0 aromatic heterocycles. The van der Waals surface area contributed by atoms with Crippen LogP contribution in [0.15, 0.2) is 24.3 Å². The van der Waals surface area contributed by atoms with Crippen molar-refractivity contribution in [3.8, 4) is 0 Å². The van der Waals surface area contributed by atoms with Crippen molar-refractivity contribution in [1.82, 2.24) is 10.6 Å². The number of rotatable bonds is 3. The van der Waals surface area contributed by atoms with Crippen LogP contribution in [0.2, 0.25) is 0 Å². The van der Waals surface area contributed by atoms with Gasteiger partial charge in [0.25, 0.3) is 0 Å². The average molecular weight is 262 g/mol. The normalized spacial score (nSPS) is 17.8. The molecule has 2 rings (SSSR count). The molecule has 3 amide bonds. The van der Waals surface area contributed by atoms with Crippen LogP contribution in [0.5, 0.6) is 0 Å². The second-order valence-electron chi connectivity index (χ2n) is 4.46. The second-order valence-corrected chi connectivity index (χ2v) is 4.46. The van der Waals surface area contributed by atoms with E-state index in [9.17, 15) is 9.59 Å². The van der Waals surface area contributed by atoms with Crippen molar-refractivity contribution >= 4 is 23.3 Å². The Morgan fingerprint density at radius 1 is 1.26 bits per heavy atom. The minimum absolute atomic E-state index is 0.0158. The summed E-state index contributed by atoms with van der Waals surface area (Å²) < 4.78 is 0. The quantitative estimate of drug-likeness (QED) is 0.655. The van der Waals surface area contributed by atoms with E-state index in [1.165, 1.54) is 0 Å². The number of anilines is 2. The fourth-order valence-corrected chi connectivity index (χ4v) is 1.99. The second kappa shape index (κ2) is 6.19. The molecule has 19 heavy (non-hydrogen) atoms. The van der Waals surface area contributed by atoms with Gasteiger partial charge in [-0.3, -0.25) is 4.79 Å². The lowest BCUT2D eigenvalue weighted by Gasteiger charge is -2.11. The van der Waals surface area contributed by atoms with Crippen molar-refractivity contribution in [2.24, 2.45) is 5.92 Å². The summed E-state index contributed by atoms with van der Waals surface area (Å²) in [4.78, 5) is 23.2. The van der Waals surface area contributed by atoms with E-state index in [0.717, 1.165) is 19.5 Å². The maximum atomic E-state index is 12.0. The summed E-state index contributed by atoms with van der Waals surface area (Å²) >= 11 is 0. The van der Waals surface area contributed by atoms with E-state index < -0.39 is 0 Å². The van der Waals surface area contributed by atoms with Crippen LogP contribution in [0.4, 0.5) is 16.2 Å². The SMILES string of the molecule is CNC(=O)Nc1cccc(NC(=O)C2CCNC2)c1. The lowest BCUT2D eigenvalue weighted by molar-refractivity contribution is -0.119. The molecule has 6 nitrogen and oxygen atoms in total. The number of carbonyl (C=O) groups is 2. The molecule has 6 heteroatoms. The van der Waals surface area contributed by atoms with Crippen LogP contribution >= 0.6 is 0 Å². The summed E-state index contributed by atoms with van der Waals surface area (Å²) in [7, 11) is 1.55. The van der Waals surface area contributed by atoms with Crippen LogP contribution in [0.25, 0.3) is 0 Å². The summed E-state index contributed by atoms with van der Waals surface area (Å²) in [5, 5.41) is 11.2. The highest BCUT2D eigenvalue weighted by Crippen LogP contribution is 2.17. The Bertz CT molecular complexity index is 469. The van der Waals surface area contributed by atoms with Crippen molar-refractivity contribution in [2.75, 3.05) is 30.8 Å². The van der Waals surface area contributed by atoms with Gasteiger partial charge in [0.1, 0.15) is 0 Å². The highest BCUT2D eigenvalue weighted by molar-refractivity contribution is 5.94. The van der Waals surface area contributed by atoms with Gasteiger partial charge >= 0.3 is 6.03 Å². The molecule has 1 unspecified atom stereocenters. The maximum Gasteiger partial charge on any atom is 0.318 e. The molecule has 0 aliphatic carbocycles. The van der Waals surface area contributed by atoms with Crippen LogP contribution in [0.1, 0.15) is 6.42 Å². The first-order valence-corrected chi connectivity index (χ1v) is 6.29. The van der Waals surface area contributed by atoms with Crippen molar-refractivity contribution in [1.29, 1.82) is 0 Å².